The van der Waals surface area contributed by atoms with Gasteiger partial charge in [0.2, 0.25) is 10.0 Å². The number of hydrogen-bond acceptors (Lipinski definition) is 2. The van der Waals surface area contributed by atoms with E-state index in [9.17, 15) is 21.6 Å². The first kappa shape index (κ1) is 10.8. The summed E-state index contributed by atoms with van der Waals surface area (Å²) >= 11 is 0. The van der Waals surface area contributed by atoms with Gasteiger partial charge in [-0.3, -0.25) is 0 Å². The Labute approximate surface area is 91.4 Å². The molecule has 3 fully saturated rings. The molecule has 16 heavy (non-hydrogen) atoms. The highest BCUT2D eigenvalue weighted by Gasteiger charge is 2.80. The molecule has 0 amide bonds. The van der Waals surface area contributed by atoms with Gasteiger partial charge in [0, 0.05) is 12.0 Å². The predicted molar refractivity (Wildman–Crippen MR) is 50.0 cm³/mol. The molecule has 1 aliphatic heterocycles. The molecule has 1 saturated heterocycles. The molecule has 0 spiro atoms. The second kappa shape index (κ2) is 2.58. The number of alkyl halides is 3. The molecular weight excluding hydrogens is 243 g/mol. The van der Waals surface area contributed by atoms with Gasteiger partial charge in [-0.1, -0.05) is 6.92 Å². The van der Waals surface area contributed by atoms with E-state index in [1.54, 1.807) is 0 Å². The molecule has 5 unspecified atom stereocenters. The Kier molecular flexibility index (Phi) is 1.75. The van der Waals surface area contributed by atoms with E-state index in [-0.39, 0.29) is 18.3 Å². The van der Waals surface area contributed by atoms with E-state index >= 15 is 0 Å². The average Bonchev–Trinajstić information content (AvgIpc) is 2.66. The zero-order valence-electron chi connectivity index (χ0n) is 8.58. The summed E-state index contributed by atoms with van der Waals surface area (Å²) in [6, 6.07) is -0.509. The lowest BCUT2D eigenvalue weighted by molar-refractivity contribution is -0.172. The second-order valence-electron chi connectivity index (χ2n) is 5.20. The fraction of sp³-hybridized carbons (Fsp3) is 1.00. The summed E-state index contributed by atoms with van der Waals surface area (Å²) in [5.41, 5.74) is 0. The Hall–Kier alpha value is -0.300. The van der Waals surface area contributed by atoms with Crippen LogP contribution in [0.2, 0.25) is 0 Å². The van der Waals surface area contributed by atoms with Crippen molar-refractivity contribution in [1.29, 1.82) is 0 Å². The average molecular weight is 255 g/mol. The Bertz CT molecular complexity index is 446. The van der Waals surface area contributed by atoms with Crippen LogP contribution in [0, 0.1) is 17.8 Å². The van der Waals surface area contributed by atoms with Gasteiger partial charge in [0.25, 0.3) is 0 Å². The Morgan fingerprint density at radius 3 is 2.50 bits per heavy atom. The smallest absolute Gasteiger partial charge is 0.211 e. The minimum absolute atomic E-state index is 0.0257. The van der Waals surface area contributed by atoms with Crippen LogP contribution in [0.5, 0.6) is 0 Å². The van der Waals surface area contributed by atoms with Crippen molar-refractivity contribution in [3.63, 3.8) is 0 Å². The van der Waals surface area contributed by atoms with Crippen molar-refractivity contribution >= 4 is 10.0 Å². The van der Waals surface area contributed by atoms with Crippen molar-refractivity contribution in [3.05, 3.63) is 0 Å². The van der Waals surface area contributed by atoms with Crippen LogP contribution in [0.15, 0.2) is 0 Å². The molecule has 1 N–H and O–H groups in total. The van der Waals surface area contributed by atoms with E-state index in [0.717, 1.165) is 0 Å². The van der Waals surface area contributed by atoms with Crippen LogP contribution >= 0.6 is 0 Å². The SMILES string of the molecule is CC1C2CC3C1NS(=O)(=O)C3(C(F)(F)F)C2. The van der Waals surface area contributed by atoms with Crippen molar-refractivity contribution < 1.29 is 21.6 Å². The first-order valence-corrected chi connectivity index (χ1v) is 6.77. The molecule has 2 bridgehead atoms. The monoisotopic (exact) mass is 255 g/mol. The molecule has 1 heterocycles. The van der Waals surface area contributed by atoms with Crippen molar-refractivity contribution in [2.24, 2.45) is 17.8 Å². The molecule has 2 aliphatic carbocycles. The summed E-state index contributed by atoms with van der Waals surface area (Å²) in [6.07, 6.45) is -4.53. The van der Waals surface area contributed by atoms with Gasteiger partial charge in [-0.15, -0.1) is 0 Å². The van der Waals surface area contributed by atoms with Crippen molar-refractivity contribution in [2.75, 3.05) is 0 Å². The lowest BCUT2D eigenvalue weighted by Gasteiger charge is -2.34. The summed E-state index contributed by atoms with van der Waals surface area (Å²) in [6.45, 7) is 1.84. The van der Waals surface area contributed by atoms with Crippen molar-refractivity contribution in [1.82, 2.24) is 4.72 Å². The minimum Gasteiger partial charge on any atom is -0.211 e. The van der Waals surface area contributed by atoms with Gasteiger partial charge in [0.05, 0.1) is 0 Å². The van der Waals surface area contributed by atoms with Crippen LogP contribution < -0.4 is 4.72 Å². The van der Waals surface area contributed by atoms with Crippen LogP contribution in [-0.2, 0) is 10.0 Å². The van der Waals surface area contributed by atoms with Gasteiger partial charge in [-0.05, 0) is 24.7 Å². The number of halogens is 3. The molecule has 0 aromatic heterocycles. The molecule has 0 radical (unpaired) electrons. The molecule has 0 aromatic rings. The third-order valence-electron chi connectivity index (χ3n) is 4.72. The van der Waals surface area contributed by atoms with Crippen LogP contribution in [-0.4, -0.2) is 25.4 Å². The molecular formula is C9H12F3NO2S. The highest BCUT2D eigenvalue weighted by atomic mass is 32.2. The van der Waals surface area contributed by atoms with E-state index in [2.05, 4.69) is 4.72 Å². The lowest BCUT2D eigenvalue weighted by atomic mass is 9.79. The molecule has 7 heteroatoms. The summed E-state index contributed by atoms with van der Waals surface area (Å²) in [4.78, 5) is 0. The van der Waals surface area contributed by atoms with Crippen molar-refractivity contribution in [3.8, 4) is 0 Å². The third-order valence-corrected chi connectivity index (χ3v) is 6.96. The molecule has 5 atom stereocenters. The predicted octanol–water partition coefficient (Wildman–Crippen LogP) is 1.26. The maximum Gasteiger partial charge on any atom is 0.409 e. The molecule has 3 aliphatic rings. The topological polar surface area (TPSA) is 46.2 Å². The van der Waals surface area contributed by atoms with E-state index in [1.165, 1.54) is 0 Å². The van der Waals surface area contributed by atoms with Gasteiger partial charge in [-0.2, -0.15) is 13.2 Å². The number of rotatable bonds is 0. The summed E-state index contributed by atoms with van der Waals surface area (Å²) in [7, 11) is -4.26. The quantitative estimate of drug-likeness (QED) is 0.708. The van der Waals surface area contributed by atoms with E-state index in [1.807, 2.05) is 6.92 Å². The zero-order valence-corrected chi connectivity index (χ0v) is 9.40. The minimum atomic E-state index is -4.66. The maximum absolute atomic E-state index is 13.1. The number of sulfonamides is 1. The fourth-order valence-electron chi connectivity index (χ4n) is 3.90. The number of fused-ring (bicyclic) bond motifs is 1. The fourth-order valence-corrected chi connectivity index (χ4v) is 6.23. The normalized spacial score (nSPS) is 53.5. The number of nitrogens with one attached hydrogen (secondary N) is 1. The second-order valence-corrected chi connectivity index (χ2v) is 7.17. The van der Waals surface area contributed by atoms with Crippen LogP contribution in [0.4, 0.5) is 13.2 Å². The highest BCUT2D eigenvalue weighted by Crippen LogP contribution is 2.65. The van der Waals surface area contributed by atoms with Crippen LogP contribution in [0.25, 0.3) is 0 Å². The first-order chi connectivity index (χ1) is 7.21. The summed E-state index contributed by atoms with van der Waals surface area (Å²) in [5.74, 6) is -0.864. The Balaban J connectivity index is 2.20. The molecule has 3 rings (SSSR count). The van der Waals surface area contributed by atoms with E-state index in [0.29, 0.717) is 6.42 Å². The molecule has 2 saturated carbocycles. The third kappa shape index (κ3) is 0.895. The molecule has 3 nitrogen and oxygen atoms in total. The molecule has 92 valence electrons. The van der Waals surface area contributed by atoms with Gasteiger partial charge in [0.15, 0.2) is 4.75 Å². The van der Waals surface area contributed by atoms with Crippen LogP contribution in [0.1, 0.15) is 19.8 Å². The van der Waals surface area contributed by atoms with E-state index in [4.69, 9.17) is 0 Å². The summed E-state index contributed by atoms with van der Waals surface area (Å²) in [5, 5.41) is 0. The lowest BCUT2D eigenvalue weighted by Crippen LogP contribution is -2.53. The zero-order chi connectivity index (χ0) is 11.9. The van der Waals surface area contributed by atoms with Crippen LogP contribution in [0.3, 0.4) is 0 Å². The highest BCUT2D eigenvalue weighted by molar-refractivity contribution is 7.91. The summed E-state index contributed by atoms with van der Waals surface area (Å²) < 4.78 is 62.6. The molecule has 0 aromatic carbocycles. The number of hydrogen-bond donors (Lipinski definition) is 1. The first-order valence-electron chi connectivity index (χ1n) is 5.29. The largest absolute Gasteiger partial charge is 0.409 e. The Morgan fingerprint density at radius 2 is 2.00 bits per heavy atom. The van der Waals surface area contributed by atoms with Gasteiger partial charge in [-0.25, -0.2) is 13.1 Å². The van der Waals surface area contributed by atoms with Gasteiger partial charge < -0.3 is 0 Å². The van der Waals surface area contributed by atoms with E-state index < -0.39 is 32.9 Å². The van der Waals surface area contributed by atoms with Gasteiger partial charge in [0.1, 0.15) is 0 Å². The van der Waals surface area contributed by atoms with Gasteiger partial charge >= 0.3 is 6.18 Å². The standard InChI is InChI=1S/C9H12F3NO2S/c1-4-5-2-6-7(4)13-16(14,15)8(6,3-5)9(10,11)12/h4-7,13H,2-3H2,1H3. The Morgan fingerprint density at radius 1 is 1.38 bits per heavy atom. The van der Waals surface area contributed by atoms with Crippen molar-refractivity contribution in [2.45, 2.75) is 36.7 Å². The maximum atomic E-state index is 13.1.